The number of halogens is 2. The number of benzene rings is 2. The summed E-state index contributed by atoms with van der Waals surface area (Å²) in [5.74, 6) is 0.167. The molecule has 0 saturated carbocycles. The highest BCUT2D eigenvalue weighted by molar-refractivity contribution is 9.11. The van der Waals surface area contributed by atoms with Crippen molar-refractivity contribution < 1.29 is 9.53 Å². The molecule has 0 unspecified atom stereocenters. The molecule has 0 heterocycles. The molecule has 2 nitrogen and oxygen atoms in total. The molecular formula is C14H10Br2O2. The molecule has 0 atom stereocenters. The van der Waals surface area contributed by atoms with Gasteiger partial charge in [0.25, 0.3) is 0 Å². The number of esters is 1. The Bertz CT molecular complexity index is 594. The molecule has 0 aliphatic carbocycles. The van der Waals surface area contributed by atoms with E-state index >= 15 is 0 Å². The maximum atomic E-state index is 12.0. The van der Waals surface area contributed by atoms with Gasteiger partial charge in [0.2, 0.25) is 0 Å². The molecule has 0 aliphatic heterocycles. The average molecular weight is 370 g/mol. The number of rotatable bonds is 2. The van der Waals surface area contributed by atoms with Crippen LogP contribution in [0.5, 0.6) is 5.75 Å². The standard InChI is InChI=1S/C14H10Br2O2/c1-9-3-2-4-11(7-9)18-14(17)12-8-10(15)5-6-13(12)16/h2-8H,1H3. The Kier molecular flexibility index (Phi) is 4.19. The summed E-state index contributed by atoms with van der Waals surface area (Å²) < 4.78 is 6.87. The van der Waals surface area contributed by atoms with E-state index in [-0.39, 0.29) is 5.97 Å². The van der Waals surface area contributed by atoms with E-state index in [2.05, 4.69) is 31.9 Å². The van der Waals surface area contributed by atoms with Crippen LogP contribution in [0.1, 0.15) is 15.9 Å². The molecular weight excluding hydrogens is 360 g/mol. The minimum Gasteiger partial charge on any atom is -0.423 e. The first-order valence-corrected chi connectivity index (χ1v) is 6.89. The smallest absolute Gasteiger partial charge is 0.344 e. The largest absolute Gasteiger partial charge is 0.423 e. The topological polar surface area (TPSA) is 26.3 Å². The molecule has 92 valence electrons. The van der Waals surface area contributed by atoms with E-state index < -0.39 is 0 Å². The summed E-state index contributed by atoms with van der Waals surface area (Å²) in [5, 5.41) is 0. The summed E-state index contributed by atoms with van der Waals surface area (Å²) in [4.78, 5) is 12.0. The highest BCUT2D eigenvalue weighted by Crippen LogP contribution is 2.23. The van der Waals surface area contributed by atoms with Gasteiger partial charge in [-0.15, -0.1) is 0 Å². The lowest BCUT2D eigenvalue weighted by Gasteiger charge is -2.07. The molecule has 0 aromatic heterocycles. The van der Waals surface area contributed by atoms with Crippen LogP contribution in [0.4, 0.5) is 0 Å². The van der Waals surface area contributed by atoms with Gasteiger partial charge in [-0.2, -0.15) is 0 Å². The summed E-state index contributed by atoms with van der Waals surface area (Å²) in [6.07, 6.45) is 0. The summed E-state index contributed by atoms with van der Waals surface area (Å²) in [7, 11) is 0. The van der Waals surface area contributed by atoms with Gasteiger partial charge in [-0.25, -0.2) is 4.79 Å². The van der Waals surface area contributed by atoms with Crippen LogP contribution in [0.2, 0.25) is 0 Å². The summed E-state index contributed by atoms with van der Waals surface area (Å²) >= 11 is 6.67. The van der Waals surface area contributed by atoms with Crippen molar-refractivity contribution >= 4 is 37.8 Å². The van der Waals surface area contributed by atoms with E-state index in [0.717, 1.165) is 10.0 Å². The second-order valence-electron chi connectivity index (χ2n) is 3.83. The van der Waals surface area contributed by atoms with Crippen LogP contribution in [0.15, 0.2) is 51.4 Å². The fourth-order valence-corrected chi connectivity index (χ4v) is 2.26. The van der Waals surface area contributed by atoms with Gasteiger partial charge in [0, 0.05) is 8.95 Å². The van der Waals surface area contributed by atoms with Crippen molar-refractivity contribution in [3.05, 3.63) is 62.5 Å². The molecule has 0 N–H and O–H groups in total. The molecule has 4 heteroatoms. The number of carbonyl (C=O) groups is 1. The van der Waals surface area contributed by atoms with Crippen molar-refractivity contribution in [2.75, 3.05) is 0 Å². The van der Waals surface area contributed by atoms with E-state index in [4.69, 9.17) is 4.74 Å². The van der Waals surface area contributed by atoms with Crippen LogP contribution < -0.4 is 4.74 Å². The second-order valence-corrected chi connectivity index (χ2v) is 5.60. The maximum Gasteiger partial charge on any atom is 0.344 e. The van der Waals surface area contributed by atoms with E-state index in [0.29, 0.717) is 15.8 Å². The third kappa shape index (κ3) is 3.21. The number of carbonyl (C=O) groups excluding carboxylic acids is 1. The zero-order chi connectivity index (χ0) is 13.1. The number of ether oxygens (including phenoxy) is 1. The molecule has 0 saturated heterocycles. The van der Waals surface area contributed by atoms with Gasteiger partial charge in [0.1, 0.15) is 5.75 Å². The Morgan fingerprint density at radius 3 is 2.61 bits per heavy atom. The normalized spacial score (nSPS) is 10.2. The molecule has 2 aromatic carbocycles. The molecule has 0 radical (unpaired) electrons. The van der Waals surface area contributed by atoms with Crippen LogP contribution in [-0.2, 0) is 0 Å². The fourth-order valence-electron chi connectivity index (χ4n) is 1.49. The minimum absolute atomic E-state index is 0.381. The zero-order valence-electron chi connectivity index (χ0n) is 9.61. The Morgan fingerprint density at radius 1 is 1.11 bits per heavy atom. The van der Waals surface area contributed by atoms with E-state index in [1.54, 1.807) is 18.2 Å². The van der Waals surface area contributed by atoms with Gasteiger partial charge in [0.05, 0.1) is 5.56 Å². The van der Waals surface area contributed by atoms with Crippen molar-refractivity contribution in [3.63, 3.8) is 0 Å². The van der Waals surface area contributed by atoms with Crippen LogP contribution in [-0.4, -0.2) is 5.97 Å². The van der Waals surface area contributed by atoms with Crippen LogP contribution in [0, 0.1) is 6.92 Å². The third-order valence-corrected chi connectivity index (χ3v) is 3.53. The summed E-state index contributed by atoms with van der Waals surface area (Å²) in [6, 6.07) is 12.8. The zero-order valence-corrected chi connectivity index (χ0v) is 12.8. The monoisotopic (exact) mass is 368 g/mol. The van der Waals surface area contributed by atoms with Gasteiger partial charge in [0.15, 0.2) is 0 Å². The fraction of sp³-hybridized carbons (Fsp3) is 0.0714. The van der Waals surface area contributed by atoms with Crippen molar-refractivity contribution in [3.8, 4) is 5.75 Å². The highest BCUT2D eigenvalue weighted by atomic mass is 79.9. The lowest BCUT2D eigenvalue weighted by atomic mass is 10.2. The van der Waals surface area contributed by atoms with E-state index in [9.17, 15) is 4.79 Å². The van der Waals surface area contributed by atoms with Gasteiger partial charge in [-0.3, -0.25) is 0 Å². The summed E-state index contributed by atoms with van der Waals surface area (Å²) in [6.45, 7) is 1.95. The van der Waals surface area contributed by atoms with Crippen LogP contribution in [0.3, 0.4) is 0 Å². The quantitative estimate of drug-likeness (QED) is 0.564. The highest BCUT2D eigenvalue weighted by Gasteiger charge is 2.13. The van der Waals surface area contributed by atoms with Gasteiger partial charge < -0.3 is 4.74 Å². The SMILES string of the molecule is Cc1cccc(OC(=O)c2cc(Br)ccc2Br)c1. The molecule has 0 amide bonds. The molecule has 2 aromatic rings. The van der Waals surface area contributed by atoms with Crippen LogP contribution >= 0.6 is 31.9 Å². The lowest BCUT2D eigenvalue weighted by molar-refractivity contribution is 0.0733. The van der Waals surface area contributed by atoms with Crippen molar-refractivity contribution in [2.45, 2.75) is 6.92 Å². The Hall–Kier alpha value is -1.13. The predicted octanol–water partition coefficient (Wildman–Crippen LogP) is 4.74. The molecule has 2 rings (SSSR count). The van der Waals surface area contributed by atoms with Crippen molar-refractivity contribution in [1.29, 1.82) is 0 Å². The molecule has 0 bridgehead atoms. The molecule has 0 spiro atoms. The Labute approximate surface area is 122 Å². The van der Waals surface area contributed by atoms with E-state index in [1.807, 2.05) is 31.2 Å². The van der Waals surface area contributed by atoms with Gasteiger partial charge in [-0.05, 0) is 58.7 Å². The Balaban J connectivity index is 2.24. The van der Waals surface area contributed by atoms with Crippen LogP contribution in [0.25, 0.3) is 0 Å². The van der Waals surface area contributed by atoms with Crippen molar-refractivity contribution in [1.82, 2.24) is 0 Å². The second kappa shape index (κ2) is 5.67. The Morgan fingerprint density at radius 2 is 1.89 bits per heavy atom. The van der Waals surface area contributed by atoms with Gasteiger partial charge >= 0.3 is 5.97 Å². The van der Waals surface area contributed by atoms with Gasteiger partial charge in [-0.1, -0.05) is 28.1 Å². The predicted molar refractivity (Wildman–Crippen MR) is 78.0 cm³/mol. The molecule has 0 fully saturated rings. The first-order chi connectivity index (χ1) is 8.56. The average Bonchev–Trinajstić information content (AvgIpc) is 2.32. The minimum atomic E-state index is -0.381. The number of hydrogen-bond acceptors (Lipinski definition) is 2. The van der Waals surface area contributed by atoms with Crippen molar-refractivity contribution in [2.24, 2.45) is 0 Å². The molecule has 18 heavy (non-hydrogen) atoms. The number of aryl methyl sites for hydroxylation is 1. The maximum absolute atomic E-state index is 12.0. The van der Waals surface area contributed by atoms with E-state index in [1.165, 1.54) is 0 Å². The first kappa shape index (κ1) is 13.3. The number of hydrogen-bond donors (Lipinski definition) is 0. The lowest BCUT2D eigenvalue weighted by Crippen LogP contribution is -2.09. The molecule has 0 aliphatic rings. The first-order valence-electron chi connectivity index (χ1n) is 5.30. The third-order valence-electron chi connectivity index (χ3n) is 2.35. The summed E-state index contributed by atoms with van der Waals surface area (Å²) in [5.41, 5.74) is 1.54.